The molecule has 1 N–H and O–H groups in total. The van der Waals surface area contributed by atoms with Crippen LogP contribution < -0.4 is 5.32 Å². The first-order chi connectivity index (χ1) is 7.68. The van der Waals surface area contributed by atoms with Gasteiger partial charge in [0.2, 0.25) is 0 Å². The summed E-state index contributed by atoms with van der Waals surface area (Å²) in [6.45, 7) is 12.1. The molecular formula is C13H26NS2. The molecule has 3 heteroatoms. The standard InChI is InChI=1S/C7H14NS2.C6H12/c1-2-3-4-5-6-8-7(9)10;1-3-5-6-4-2/h1-6H2,(H2,8,9,10);1-6H2. The molecule has 0 aromatic heterocycles. The zero-order chi connectivity index (χ0) is 12.6. The molecule has 0 rings (SSSR count). The third kappa shape index (κ3) is 23.8. The Morgan fingerprint density at radius 2 is 1.31 bits per heavy atom. The Hall–Kier alpha value is 0.240. The third-order valence-electron chi connectivity index (χ3n) is 1.95. The van der Waals surface area contributed by atoms with E-state index >= 15 is 0 Å². The molecule has 0 saturated carbocycles. The van der Waals surface area contributed by atoms with E-state index in [1.54, 1.807) is 0 Å². The first kappa shape index (κ1) is 18.6. The summed E-state index contributed by atoms with van der Waals surface area (Å²) in [5.74, 6) is 0. The van der Waals surface area contributed by atoms with E-state index < -0.39 is 0 Å². The van der Waals surface area contributed by atoms with Gasteiger partial charge in [-0.1, -0.05) is 77.9 Å². The largest absolute Gasteiger partial charge is 0.371 e. The molecule has 3 radical (unpaired) electrons. The molecule has 0 bridgehead atoms. The Kier molecular flexibility index (Phi) is 20.5. The average molecular weight is 260 g/mol. The van der Waals surface area contributed by atoms with E-state index in [4.69, 9.17) is 12.2 Å². The highest BCUT2D eigenvalue weighted by Crippen LogP contribution is 1.96. The molecule has 95 valence electrons. The van der Waals surface area contributed by atoms with Gasteiger partial charge in [0.25, 0.3) is 0 Å². The van der Waals surface area contributed by atoms with E-state index in [0.29, 0.717) is 4.32 Å². The molecule has 0 spiro atoms. The Bertz CT molecular complexity index is 134. The zero-order valence-electron chi connectivity index (χ0n) is 10.3. The quantitative estimate of drug-likeness (QED) is 0.381. The Labute approximate surface area is 113 Å². The van der Waals surface area contributed by atoms with E-state index in [9.17, 15) is 0 Å². The predicted octanol–water partition coefficient (Wildman–Crippen LogP) is 4.40. The highest BCUT2D eigenvalue weighted by molar-refractivity contribution is 8.11. The van der Waals surface area contributed by atoms with Gasteiger partial charge in [0.15, 0.2) is 0 Å². The second-order valence-corrected chi connectivity index (χ2v) is 4.72. The van der Waals surface area contributed by atoms with Crippen molar-refractivity contribution in [3.63, 3.8) is 0 Å². The topological polar surface area (TPSA) is 12.0 Å². The zero-order valence-corrected chi connectivity index (χ0v) is 12.1. The van der Waals surface area contributed by atoms with Gasteiger partial charge < -0.3 is 5.32 Å². The van der Waals surface area contributed by atoms with E-state index in [1.807, 2.05) is 0 Å². The van der Waals surface area contributed by atoms with Crippen molar-refractivity contribution in [3.05, 3.63) is 20.8 Å². The molecule has 1 nitrogen and oxygen atoms in total. The Balaban J connectivity index is 0. The van der Waals surface area contributed by atoms with Crippen molar-refractivity contribution in [1.29, 1.82) is 0 Å². The van der Waals surface area contributed by atoms with Crippen LogP contribution in [0.15, 0.2) is 0 Å². The summed E-state index contributed by atoms with van der Waals surface area (Å²) in [6.07, 6.45) is 9.24. The van der Waals surface area contributed by atoms with Crippen LogP contribution in [0.3, 0.4) is 0 Å². The summed E-state index contributed by atoms with van der Waals surface area (Å²) in [5, 5.41) is 2.98. The van der Waals surface area contributed by atoms with Crippen molar-refractivity contribution in [1.82, 2.24) is 5.32 Å². The van der Waals surface area contributed by atoms with Gasteiger partial charge in [0.05, 0.1) is 0 Å². The summed E-state index contributed by atoms with van der Waals surface area (Å²) < 4.78 is 0.592. The van der Waals surface area contributed by atoms with Gasteiger partial charge in [-0.25, -0.2) is 0 Å². The van der Waals surface area contributed by atoms with Crippen LogP contribution in [0, 0.1) is 20.8 Å². The summed E-state index contributed by atoms with van der Waals surface area (Å²) in [4.78, 5) is 0. The third-order valence-corrected chi connectivity index (χ3v) is 2.26. The fraction of sp³-hybridized carbons (Fsp3) is 0.692. The number of thiol groups is 1. The molecule has 0 aliphatic rings. The number of rotatable bonds is 8. The van der Waals surface area contributed by atoms with Crippen molar-refractivity contribution in [3.8, 4) is 0 Å². The van der Waals surface area contributed by atoms with Crippen LogP contribution in [0.4, 0.5) is 0 Å². The van der Waals surface area contributed by atoms with Gasteiger partial charge >= 0.3 is 0 Å². The van der Waals surface area contributed by atoms with Crippen LogP contribution in [-0.2, 0) is 0 Å². The van der Waals surface area contributed by atoms with Crippen LogP contribution in [-0.4, -0.2) is 10.9 Å². The van der Waals surface area contributed by atoms with Gasteiger partial charge in [0, 0.05) is 6.54 Å². The van der Waals surface area contributed by atoms with E-state index in [0.717, 1.165) is 32.2 Å². The van der Waals surface area contributed by atoms with Crippen molar-refractivity contribution < 1.29 is 0 Å². The first-order valence-electron chi connectivity index (χ1n) is 6.03. The molecular weight excluding hydrogens is 234 g/mol. The monoisotopic (exact) mass is 260 g/mol. The first-order valence-corrected chi connectivity index (χ1v) is 6.89. The molecule has 0 fully saturated rings. The number of hydrogen-bond donors (Lipinski definition) is 2. The smallest absolute Gasteiger partial charge is 0.130 e. The van der Waals surface area contributed by atoms with Crippen LogP contribution >= 0.6 is 24.8 Å². The van der Waals surface area contributed by atoms with Gasteiger partial charge in [-0.15, -0.1) is 12.6 Å². The molecule has 0 unspecified atom stereocenters. The minimum absolute atomic E-state index is 0.592. The lowest BCUT2D eigenvalue weighted by Crippen LogP contribution is -2.17. The van der Waals surface area contributed by atoms with Crippen molar-refractivity contribution in [2.75, 3.05) is 6.54 Å². The lowest BCUT2D eigenvalue weighted by atomic mass is 10.2. The predicted molar refractivity (Wildman–Crippen MR) is 82.6 cm³/mol. The fourth-order valence-corrected chi connectivity index (χ4v) is 1.24. The summed E-state index contributed by atoms with van der Waals surface area (Å²) in [5.41, 5.74) is 0. The molecule has 16 heavy (non-hydrogen) atoms. The van der Waals surface area contributed by atoms with Crippen LogP contribution in [0.5, 0.6) is 0 Å². The van der Waals surface area contributed by atoms with E-state index in [2.05, 4.69) is 38.7 Å². The maximum Gasteiger partial charge on any atom is 0.130 e. The SMILES string of the molecule is [CH2]CCCCCNC(=S)S.[CH2]CCCC[CH2]. The lowest BCUT2D eigenvalue weighted by molar-refractivity contribution is 0.674. The van der Waals surface area contributed by atoms with Gasteiger partial charge in [-0.2, -0.15) is 0 Å². The van der Waals surface area contributed by atoms with Crippen molar-refractivity contribution >= 4 is 29.2 Å². The fourth-order valence-electron chi connectivity index (χ4n) is 1.03. The summed E-state index contributed by atoms with van der Waals surface area (Å²) in [7, 11) is 0. The summed E-state index contributed by atoms with van der Waals surface area (Å²) in [6, 6.07) is 0. The number of nitrogens with one attached hydrogen (secondary N) is 1. The van der Waals surface area contributed by atoms with Crippen molar-refractivity contribution in [2.45, 2.75) is 51.4 Å². The maximum absolute atomic E-state index is 4.71. The number of unbranched alkanes of at least 4 members (excludes halogenated alkanes) is 6. The second kappa shape index (κ2) is 17.6. The summed E-state index contributed by atoms with van der Waals surface area (Å²) >= 11 is 8.65. The highest BCUT2D eigenvalue weighted by atomic mass is 32.1. The molecule has 0 aliphatic carbocycles. The minimum atomic E-state index is 0.592. The van der Waals surface area contributed by atoms with Crippen LogP contribution in [0.2, 0.25) is 0 Å². The van der Waals surface area contributed by atoms with Gasteiger partial charge in [-0.3, -0.25) is 0 Å². The van der Waals surface area contributed by atoms with Crippen molar-refractivity contribution in [2.24, 2.45) is 0 Å². The van der Waals surface area contributed by atoms with Gasteiger partial charge in [-0.05, 0) is 6.42 Å². The molecule has 0 atom stereocenters. The molecule has 0 aromatic carbocycles. The molecule has 0 amide bonds. The number of hydrogen-bond acceptors (Lipinski definition) is 1. The van der Waals surface area contributed by atoms with Crippen LogP contribution in [0.25, 0.3) is 0 Å². The lowest BCUT2D eigenvalue weighted by Gasteiger charge is -2.00. The normalized spacial score (nSPS) is 9.25. The Morgan fingerprint density at radius 1 is 0.875 bits per heavy atom. The number of thiocarbonyl (C=S) groups is 1. The van der Waals surface area contributed by atoms with E-state index in [-0.39, 0.29) is 0 Å². The Morgan fingerprint density at radius 3 is 1.69 bits per heavy atom. The highest BCUT2D eigenvalue weighted by Gasteiger charge is 1.87. The molecule has 0 aliphatic heterocycles. The molecule has 0 saturated heterocycles. The van der Waals surface area contributed by atoms with E-state index in [1.165, 1.54) is 25.7 Å². The van der Waals surface area contributed by atoms with Gasteiger partial charge in [0.1, 0.15) is 4.32 Å². The second-order valence-electron chi connectivity index (χ2n) is 3.56. The molecule has 0 aromatic rings. The van der Waals surface area contributed by atoms with Crippen LogP contribution in [0.1, 0.15) is 51.4 Å². The minimum Gasteiger partial charge on any atom is -0.371 e. The maximum atomic E-state index is 4.71. The average Bonchev–Trinajstić information content (AvgIpc) is 2.26. The molecule has 0 heterocycles.